The van der Waals surface area contributed by atoms with E-state index in [4.69, 9.17) is 0 Å². The molecule has 0 amide bonds. The van der Waals surface area contributed by atoms with Crippen molar-refractivity contribution in [2.45, 2.75) is 31.7 Å². The Hall–Kier alpha value is -0.650. The quantitative estimate of drug-likeness (QED) is 0.844. The molecule has 1 aromatic carbocycles. The molecule has 0 saturated carbocycles. The molecule has 104 valence electrons. The van der Waals surface area contributed by atoms with Crippen molar-refractivity contribution >= 4 is 26.0 Å². The summed E-state index contributed by atoms with van der Waals surface area (Å²) in [6.07, 6.45) is 1.93. The number of rotatable bonds is 3. The minimum absolute atomic E-state index is 0.105. The zero-order chi connectivity index (χ0) is 14.2. The highest BCUT2D eigenvalue weighted by Crippen LogP contribution is 2.33. The first-order valence-corrected chi connectivity index (χ1v) is 8.51. The van der Waals surface area contributed by atoms with Crippen molar-refractivity contribution in [2.24, 2.45) is 5.92 Å². The monoisotopic (exact) mass is 343 g/mol. The predicted molar refractivity (Wildman–Crippen MR) is 80.7 cm³/mol. The molecule has 1 atom stereocenters. The van der Waals surface area contributed by atoms with Gasteiger partial charge in [-0.25, -0.2) is 8.42 Å². The molecule has 19 heavy (non-hydrogen) atoms. The van der Waals surface area contributed by atoms with Gasteiger partial charge < -0.3 is 0 Å². The maximum absolute atomic E-state index is 12.7. The zero-order valence-corrected chi connectivity index (χ0v) is 13.7. The SMILES string of the molecule is Cc1ccc(S(=O)(=O)N2CC=C(Br)C2C(C)C)cc1. The summed E-state index contributed by atoms with van der Waals surface area (Å²) in [6.45, 7) is 6.44. The van der Waals surface area contributed by atoms with Gasteiger partial charge in [-0.3, -0.25) is 0 Å². The van der Waals surface area contributed by atoms with Crippen LogP contribution in [0, 0.1) is 12.8 Å². The number of benzene rings is 1. The maximum atomic E-state index is 12.7. The summed E-state index contributed by atoms with van der Waals surface area (Å²) >= 11 is 3.48. The van der Waals surface area contributed by atoms with Crippen molar-refractivity contribution in [3.63, 3.8) is 0 Å². The normalized spacial score (nSPS) is 20.9. The van der Waals surface area contributed by atoms with Crippen LogP contribution in [-0.2, 0) is 10.0 Å². The molecule has 0 aromatic heterocycles. The lowest BCUT2D eigenvalue weighted by molar-refractivity contribution is 0.341. The highest BCUT2D eigenvalue weighted by atomic mass is 79.9. The smallest absolute Gasteiger partial charge is 0.207 e. The van der Waals surface area contributed by atoms with E-state index in [1.807, 2.05) is 39.0 Å². The fourth-order valence-electron chi connectivity index (χ4n) is 2.29. The average molecular weight is 344 g/mol. The average Bonchev–Trinajstić information content (AvgIpc) is 2.72. The van der Waals surface area contributed by atoms with Crippen LogP contribution in [0.25, 0.3) is 0 Å². The van der Waals surface area contributed by atoms with Crippen LogP contribution in [0.2, 0.25) is 0 Å². The van der Waals surface area contributed by atoms with Gasteiger partial charge in [-0.2, -0.15) is 4.31 Å². The third-order valence-corrected chi connectivity index (χ3v) is 5.97. The zero-order valence-electron chi connectivity index (χ0n) is 11.3. The highest BCUT2D eigenvalue weighted by molar-refractivity contribution is 9.11. The first-order valence-electron chi connectivity index (χ1n) is 6.28. The van der Waals surface area contributed by atoms with E-state index < -0.39 is 10.0 Å². The summed E-state index contributed by atoms with van der Waals surface area (Å²) in [5, 5.41) is 0. The van der Waals surface area contributed by atoms with Gasteiger partial charge in [0.1, 0.15) is 0 Å². The summed E-state index contributed by atoms with van der Waals surface area (Å²) in [5.41, 5.74) is 1.06. The number of aryl methyl sites for hydroxylation is 1. The van der Waals surface area contributed by atoms with Gasteiger partial charge in [0.05, 0.1) is 10.9 Å². The van der Waals surface area contributed by atoms with Gasteiger partial charge >= 0.3 is 0 Å². The van der Waals surface area contributed by atoms with Gasteiger partial charge in [0.15, 0.2) is 0 Å². The van der Waals surface area contributed by atoms with E-state index in [-0.39, 0.29) is 12.0 Å². The molecular formula is C14H18BrNO2S. The minimum Gasteiger partial charge on any atom is -0.207 e. The molecule has 1 aliphatic rings. The first-order chi connectivity index (χ1) is 8.84. The van der Waals surface area contributed by atoms with Crippen LogP contribution in [0.5, 0.6) is 0 Å². The molecule has 1 aliphatic heterocycles. The Bertz CT molecular complexity index is 590. The first kappa shape index (κ1) is 14.8. The van der Waals surface area contributed by atoms with Gasteiger partial charge in [-0.1, -0.05) is 53.5 Å². The van der Waals surface area contributed by atoms with E-state index >= 15 is 0 Å². The number of nitrogens with zero attached hydrogens (tertiary/aromatic N) is 1. The van der Waals surface area contributed by atoms with Crippen molar-refractivity contribution in [2.75, 3.05) is 6.54 Å². The third kappa shape index (κ3) is 2.78. The fourth-order valence-corrected chi connectivity index (χ4v) is 5.03. The van der Waals surface area contributed by atoms with Gasteiger partial charge in [0.2, 0.25) is 10.0 Å². The molecule has 0 bridgehead atoms. The van der Waals surface area contributed by atoms with Crippen LogP contribution in [0.3, 0.4) is 0 Å². The Labute approximate surface area is 123 Å². The predicted octanol–water partition coefficient (Wildman–Crippen LogP) is 3.30. The van der Waals surface area contributed by atoms with Gasteiger partial charge in [0.25, 0.3) is 0 Å². The van der Waals surface area contributed by atoms with Crippen molar-refractivity contribution < 1.29 is 8.42 Å². The molecular weight excluding hydrogens is 326 g/mol. The molecule has 0 saturated heterocycles. The van der Waals surface area contributed by atoms with Crippen LogP contribution in [-0.4, -0.2) is 25.3 Å². The second-order valence-corrected chi connectivity index (χ2v) is 7.97. The molecule has 2 rings (SSSR count). The molecule has 5 heteroatoms. The Morgan fingerprint density at radius 2 is 1.84 bits per heavy atom. The van der Waals surface area contributed by atoms with Crippen LogP contribution < -0.4 is 0 Å². The van der Waals surface area contributed by atoms with E-state index in [2.05, 4.69) is 15.9 Å². The molecule has 1 unspecified atom stereocenters. The Kier molecular flexibility index (Phi) is 4.18. The van der Waals surface area contributed by atoms with Gasteiger partial charge in [0, 0.05) is 11.0 Å². The highest BCUT2D eigenvalue weighted by Gasteiger charge is 2.37. The van der Waals surface area contributed by atoms with Crippen LogP contribution in [0.4, 0.5) is 0 Å². The van der Waals surface area contributed by atoms with Crippen LogP contribution in [0.15, 0.2) is 39.7 Å². The number of halogens is 1. The molecule has 0 N–H and O–H groups in total. The van der Waals surface area contributed by atoms with Crippen molar-refractivity contribution in [3.05, 3.63) is 40.4 Å². The second kappa shape index (κ2) is 5.38. The Balaban J connectivity index is 2.38. The molecule has 1 aromatic rings. The molecule has 0 fully saturated rings. The summed E-state index contributed by atoms with van der Waals surface area (Å²) in [7, 11) is -3.43. The maximum Gasteiger partial charge on any atom is 0.243 e. The third-order valence-electron chi connectivity index (χ3n) is 3.32. The summed E-state index contributed by atoms with van der Waals surface area (Å²) in [4.78, 5) is 0.361. The van der Waals surface area contributed by atoms with Gasteiger partial charge in [-0.15, -0.1) is 0 Å². The van der Waals surface area contributed by atoms with E-state index in [1.54, 1.807) is 16.4 Å². The molecule has 1 heterocycles. The number of hydrogen-bond acceptors (Lipinski definition) is 2. The largest absolute Gasteiger partial charge is 0.243 e. The van der Waals surface area contributed by atoms with E-state index in [0.29, 0.717) is 11.4 Å². The number of sulfonamides is 1. The Morgan fingerprint density at radius 1 is 1.26 bits per heavy atom. The molecule has 3 nitrogen and oxygen atoms in total. The lowest BCUT2D eigenvalue weighted by atomic mass is 10.1. The second-order valence-electron chi connectivity index (χ2n) is 5.17. The lowest BCUT2D eigenvalue weighted by Crippen LogP contribution is -2.39. The van der Waals surface area contributed by atoms with Crippen LogP contribution in [0.1, 0.15) is 19.4 Å². The molecule has 0 spiro atoms. The Morgan fingerprint density at radius 3 is 2.37 bits per heavy atom. The standard InChI is InChI=1S/C14H18BrNO2S/c1-10(2)14-13(15)8-9-16(14)19(17,18)12-6-4-11(3)5-7-12/h4-8,10,14H,9H2,1-3H3. The van der Waals surface area contributed by atoms with E-state index in [9.17, 15) is 8.42 Å². The van der Waals surface area contributed by atoms with Crippen LogP contribution >= 0.6 is 15.9 Å². The van der Waals surface area contributed by atoms with E-state index in [1.165, 1.54) is 0 Å². The summed E-state index contributed by atoms with van der Waals surface area (Å²) in [6, 6.07) is 6.90. The molecule has 0 radical (unpaired) electrons. The lowest BCUT2D eigenvalue weighted by Gasteiger charge is -2.28. The fraction of sp³-hybridized carbons (Fsp3) is 0.429. The summed E-state index contributed by atoms with van der Waals surface area (Å²) in [5.74, 6) is 0.230. The number of hydrogen-bond donors (Lipinski definition) is 0. The van der Waals surface area contributed by atoms with Crippen molar-refractivity contribution in [3.8, 4) is 0 Å². The van der Waals surface area contributed by atoms with Gasteiger partial charge in [-0.05, 0) is 25.0 Å². The minimum atomic E-state index is -3.43. The van der Waals surface area contributed by atoms with Crippen molar-refractivity contribution in [1.82, 2.24) is 4.31 Å². The topological polar surface area (TPSA) is 37.4 Å². The molecule has 0 aliphatic carbocycles. The summed E-state index contributed by atoms with van der Waals surface area (Å²) < 4.78 is 27.9. The van der Waals surface area contributed by atoms with Crippen molar-refractivity contribution in [1.29, 1.82) is 0 Å². The van der Waals surface area contributed by atoms with E-state index in [0.717, 1.165) is 10.0 Å².